The lowest BCUT2D eigenvalue weighted by Crippen LogP contribution is -2.48. The highest BCUT2D eigenvalue weighted by atomic mass is 16.5. The second-order valence-corrected chi connectivity index (χ2v) is 4.80. The number of hydrogen-bond acceptors (Lipinski definition) is 3. The van der Waals surface area contributed by atoms with Gasteiger partial charge >= 0.3 is 0 Å². The average Bonchev–Trinajstić information content (AvgIpc) is 2.23. The number of rotatable bonds is 8. The molecule has 1 aliphatic carbocycles. The molecule has 0 bridgehead atoms. The summed E-state index contributed by atoms with van der Waals surface area (Å²) in [6.07, 6.45) is 4.58. The zero-order valence-corrected chi connectivity index (χ0v) is 10.9. The molecular weight excluding hydrogens is 202 g/mol. The van der Waals surface area contributed by atoms with E-state index in [1.54, 1.807) is 0 Å². The average molecular weight is 229 g/mol. The standard InChI is InChI=1S/C13H27NO2/c1-4-10(5-2)13(15)9-14-11-7-12(8-11)16-6-3/h10-15H,4-9H2,1-3H3. The highest BCUT2D eigenvalue weighted by Crippen LogP contribution is 2.23. The molecule has 0 aliphatic heterocycles. The molecule has 0 radical (unpaired) electrons. The van der Waals surface area contributed by atoms with Crippen LogP contribution in [0.5, 0.6) is 0 Å². The Bertz CT molecular complexity index is 177. The SMILES string of the molecule is CCOC1CC(NCC(O)C(CC)CC)C1. The molecule has 1 aliphatic rings. The first-order chi connectivity index (χ1) is 7.71. The van der Waals surface area contributed by atoms with Crippen LogP contribution in [0.1, 0.15) is 46.5 Å². The highest BCUT2D eigenvalue weighted by Gasteiger charge is 2.29. The second-order valence-electron chi connectivity index (χ2n) is 4.80. The minimum atomic E-state index is -0.193. The van der Waals surface area contributed by atoms with Crippen molar-refractivity contribution in [2.75, 3.05) is 13.2 Å². The van der Waals surface area contributed by atoms with Crippen molar-refractivity contribution >= 4 is 0 Å². The zero-order valence-electron chi connectivity index (χ0n) is 10.9. The van der Waals surface area contributed by atoms with Crippen LogP contribution in [0, 0.1) is 5.92 Å². The smallest absolute Gasteiger partial charge is 0.0692 e. The first kappa shape index (κ1) is 13.9. The van der Waals surface area contributed by atoms with Crippen LogP contribution in [0.2, 0.25) is 0 Å². The van der Waals surface area contributed by atoms with E-state index in [0.717, 1.165) is 38.8 Å². The molecule has 1 unspecified atom stereocenters. The minimum absolute atomic E-state index is 0.193. The van der Waals surface area contributed by atoms with Crippen molar-refractivity contribution in [3.63, 3.8) is 0 Å². The van der Waals surface area contributed by atoms with E-state index in [0.29, 0.717) is 18.1 Å². The van der Waals surface area contributed by atoms with Gasteiger partial charge in [-0.15, -0.1) is 0 Å². The van der Waals surface area contributed by atoms with Crippen LogP contribution in [-0.4, -0.2) is 36.5 Å². The van der Waals surface area contributed by atoms with Gasteiger partial charge in [0.05, 0.1) is 12.2 Å². The molecule has 0 aromatic rings. The normalized spacial score (nSPS) is 26.8. The summed E-state index contributed by atoms with van der Waals surface area (Å²) in [6.45, 7) is 7.87. The first-order valence-corrected chi connectivity index (χ1v) is 6.74. The third-order valence-corrected chi connectivity index (χ3v) is 3.71. The number of ether oxygens (including phenoxy) is 1. The van der Waals surface area contributed by atoms with Crippen molar-refractivity contribution in [2.24, 2.45) is 5.92 Å². The third kappa shape index (κ3) is 4.04. The summed E-state index contributed by atoms with van der Waals surface area (Å²) >= 11 is 0. The molecule has 1 rings (SSSR count). The Hall–Kier alpha value is -0.120. The summed E-state index contributed by atoms with van der Waals surface area (Å²) in [5, 5.41) is 13.4. The maximum absolute atomic E-state index is 9.95. The molecular formula is C13H27NO2. The number of hydrogen-bond donors (Lipinski definition) is 2. The van der Waals surface area contributed by atoms with E-state index in [9.17, 15) is 5.11 Å². The van der Waals surface area contributed by atoms with E-state index in [2.05, 4.69) is 19.2 Å². The van der Waals surface area contributed by atoms with Crippen LogP contribution >= 0.6 is 0 Å². The van der Waals surface area contributed by atoms with E-state index in [4.69, 9.17) is 4.74 Å². The van der Waals surface area contributed by atoms with Crippen molar-refractivity contribution in [2.45, 2.75) is 64.7 Å². The van der Waals surface area contributed by atoms with Gasteiger partial charge in [0.2, 0.25) is 0 Å². The third-order valence-electron chi connectivity index (χ3n) is 3.71. The van der Waals surface area contributed by atoms with Crippen LogP contribution in [0.3, 0.4) is 0 Å². The summed E-state index contributed by atoms with van der Waals surface area (Å²) in [7, 11) is 0. The fourth-order valence-corrected chi connectivity index (χ4v) is 2.39. The maximum Gasteiger partial charge on any atom is 0.0692 e. The molecule has 0 saturated heterocycles. The molecule has 0 amide bonds. The van der Waals surface area contributed by atoms with Crippen molar-refractivity contribution < 1.29 is 9.84 Å². The topological polar surface area (TPSA) is 41.5 Å². The second kappa shape index (κ2) is 7.25. The van der Waals surface area contributed by atoms with Crippen molar-refractivity contribution in [1.82, 2.24) is 5.32 Å². The molecule has 1 fully saturated rings. The largest absolute Gasteiger partial charge is 0.392 e. The summed E-state index contributed by atoms with van der Waals surface area (Å²) in [4.78, 5) is 0. The molecule has 0 heterocycles. The summed E-state index contributed by atoms with van der Waals surface area (Å²) in [5.41, 5.74) is 0. The Labute approximate surface area is 99.6 Å². The number of aliphatic hydroxyl groups is 1. The van der Waals surface area contributed by atoms with Gasteiger partial charge in [0.15, 0.2) is 0 Å². The van der Waals surface area contributed by atoms with Crippen molar-refractivity contribution in [3.05, 3.63) is 0 Å². The van der Waals surface area contributed by atoms with Crippen LogP contribution in [0.25, 0.3) is 0 Å². The Morgan fingerprint density at radius 1 is 1.25 bits per heavy atom. The van der Waals surface area contributed by atoms with Gasteiger partial charge in [-0.2, -0.15) is 0 Å². The Balaban J connectivity index is 2.07. The van der Waals surface area contributed by atoms with Gasteiger partial charge in [-0.25, -0.2) is 0 Å². The summed E-state index contributed by atoms with van der Waals surface area (Å²) in [6, 6.07) is 0.556. The van der Waals surface area contributed by atoms with Crippen LogP contribution in [-0.2, 0) is 4.74 Å². The van der Waals surface area contributed by atoms with Gasteiger partial charge in [-0.1, -0.05) is 26.7 Å². The van der Waals surface area contributed by atoms with Gasteiger partial charge < -0.3 is 15.2 Å². The quantitative estimate of drug-likeness (QED) is 0.668. The molecule has 2 N–H and O–H groups in total. The molecule has 3 nitrogen and oxygen atoms in total. The molecule has 16 heavy (non-hydrogen) atoms. The van der Waals surface area contributed by atoms with E-state index < -0.39 is 0 Å². The van der Waals surface area contributed by atoms with Gasteiger partial charge in [0.1, 0.15) is 0 Å². The molecule has 3 heteroatoms. The van der Waals surface area contributed by atoms with E-state index >= 15 is 0 Å². The van der Waals surface area contributed by atoms with Crippen LogP contribution in [0.15, 0.2) is 0 Å². The summed E-state index contributed by atoms with van der Waals surface area (Å²) < 4.78 is 5.50. The lowest BCUT2D eigenvalue weighted by Gasteiger charge is -2.36. The highest BCUT2D eigenvalue weighted by molar-refractivity contribution is 4.87. The van der Waals surface area contributed by atoms with Gasteiger partial charge in [0, 0.05) is 19.2 Å². The Morgan fingerprint density at radius 3 is 2.38 bits per heavy atom. The first-order valence-electron chi connectivity index (χ1n) is 6.74. The van der Waals surface area contributed by atoms with Crippen molar-refractivity contribution in [3.8, 4) is 0 Å². The van der Waals surface area contributed by atoms with E-state index in [1.165, 1.54) is 0 Å². The van der Waals surface area contributed by atoms with Gasteiger partial charge in [-0.05, 0) is 25.7 Å². The van der Waals surface area contributed by atoms with Crippen LogP contribution in [0.4, 0.5) is 0 Å². The molecule has 1 atom stereocenters. The molecule has 1 saturated carbocycles. The minimum Gasteiger partial charge on any atom is -0.392 e. The van der Waals surface area contributed by atoms with Gasteiger partial charge in [0.25, 0.3) is 0 Å². The fourth-order valence-electron chi connectivity index (χ4n) is 2.39. The maximum atomic E-state index is 9.95. The molecule has 96 valence electrons. The molecule has 0 spiro atoms. The Morgan fingerprint density at radius 2 is 1.88 bits per heavy atom. The zero-order chi connectivity index (χ0) is 12.0. The number of aliphatic hydroxyl groups excluding tert-OH is 1. The Kier molecular flexibility index (Phi) is 6.32. The molecule has 0 aromatic carbocycles. The number of nitrogens with one attached hydrogen (secondary N) is 1. The summed E-state index contributed by atoms with van der Waals surface area (Å²) in [5.74, 6) is 0.440. The lowest BCUT2D eigenvalue weighted by molar-refractivity contribution is -0.0141. The predicted molar refractivity (Wildman–Crippen MR) is 66.5 cm³/mol. The van der Waals surface area contributed by atoms with E-state index in [-0.39, 0.29) is 6.10 Å². The predicted octanol–water partition coefficient (Wildman–Crippen LogP) is 1.94. The monoisotopic (exact) mass is 229 g/mol. The van der Waals surface area contributed by atoms with E-state index in [1.807, 2.05) is 6.92 Å². The van der Waals surface area contributed by atoms with Gasteiger partial charge in [-0.3, -0.25) is 0 Å². The van der Waals surface area contributed by atoms with Crippen molar-refractivity contribution in [1.29, 1.82) is 0 Å². The van der Waals surface area contributed by atoms with Crippen LogP contribution < -0.4 is 5.32 Å². The molecule has 0 aromatic heterocycles. The lowest BCUT2D eigenvalue weighted by atomic mass is 9.88. The fraction of sp³-hybridized carbons (Fsp3) is 1.00.